The fraction of sp³-hybridized carbons (Fsp3) is 0.273. The van der Waals surface area contributed by atoms with Gasteiger partial charge in [0.1, 0.15) is 0 Å². The van der Waals surface area contributed by atoms with E-state index in [1.165, 1.54) is 6.07 Å². The number of piperidine rings is 1. The van der Waals surface area contributed by atoms with Crippen LogP contribution in [0.25, 0.3) is 11.1 Å². The molecule has 156 valence electrons. The molecule has 4 nitrogen and oxygen atoms in total. The summed E-state index contributed by atoms with van der Waals surface area (Å²) in [5.41, 5.74) is 0.0534. The molecule has 0 bridgehead atoms. The third-order valence-corrected chi connectivity index (χ3v) is 5.59. The lowest BCUT2D eigenvalue weighted by molar-refractivity contribution is -0.136. The summed E-state index contributed by atoms with van der Waals surface area (Å²) in [6, 6.07) is 13.4. The molecule has 1 saturated heterocycles. The molecule has 2 heterocycles. The molecule has 3 aromatic rings. The maximum absolute atomic E-state index is 13.9. The molecule has 1 aliphatic heterocycles. The first-order valence-electron chi connectivity index (χ1n) is 9.67. The Morgan fingerprint density at radius 2 is 1.60 bits per heavy atom. The maximum Gasteiger partial charge on any atom is 0.418 e. The van der Waals surface area contributed by atoms with E-state index in [1.54, 1.807) is 54.9 Å². The highest BCUT2D eigenvalue weighted by atomic mass is 35.5. The predicted octanol–water partition coefficient (Wildman–Crippen LogP) is 5.90. The van der Waals surface area contributed by atoms with Crippen LogP contribution >= 0.6 is 11.6 Å². The number of nitrogens with one attached hydrogen (secondary N) is 1. The van der Waals surface area contributed by atoms with Crippen LogP contribution in [0.3, 0.4) is 0 Å². The molecule has 1 fully saturated rings. The molecule has 0 unspecified atom stereocenters. The summed E-state index contributed by atoms with van der Waals surface area (Å²) in [6.07, 6.45) is 0.319. The quantitative estimate of drug-likeness (QED) is 0.557. The van der Waals surface area contributed by atoms with Crippen molar-refractivity contribution in [1.29, 1.82) is 0 Å². The first kappa shape index (κ1) is 20.5. The first-order chi connectivity index (χ1) is 14.4. The lowest BCUT2D eigenvalue weighted by atomic mass is 9.97. The van der Waals surface area contributed by atoms with Gasteiger partial charge in [0.15, 0.2) is 0 Å². The number of halogens is 4. The molecule has 1 aliphatic rings. The van der Waals surface area contributed by atoms with Gasteiger partial charge in [0.2, 0.25) is 5.95 Å². The Balaban J connectivity index is 1.54. The van der Waals surface area contributed by atoms with Gasteiger partial charge in [0, 0.05) is 31.5 Å². The third kappa shape index (κ3) is 4.36. The van der Waals surface area contributed by atoms with Crippen molar-refractivity contribution < 1.29 is 13.2 Å². The molecule has 0 aliphatic carbocycles. The van der Waals surface area contributed by atoms with E-state index >= 15 is 0 Å². The minimum Gasteiger partial charge on any atom is -0.381 e. The Kier molecular flexibility index (Phi) is 5.81. The van der Waals surface area contributed by atoms with Crippen molar-refractivity contribution in [2.45, 2.75) is 25.1 Å². The van der Waals surface area contributed by atoms with E-state index in [2.05, 4.69) is 20.2 Å². The molecule has 8 heteroatoms. The highest BCUT2D eigenvalue weighted by molar-refractivity contribution is 6.34. The lowest BCUT2D eigenvalue weighted by Gasteiger charge is -2.33. The molecule has 0 saturated carbocycles. The standard InChI is InChI=1S/C22H20ClF3N4/c23-20-18(29-16-9-13-30(14-10-16)21-27-11-4-12-28-21)8-7-17(19(20)22(24,25)26)15-5-2-1-3-6-15/h1-8,11-12,16,29H,9-10,13-14H2. The minimum atomic E-state index is -4.56. The number of nitrogens with zero attached hydrogens (tertiary/aromatic N) is 3. The normalized spacial score (nSPS) is 15.3. The van der Waals surface area contributed by atoms with Crippen molar-refractivity contribution in [1.82, 2.24) is 9.97 Å². The van der Waals surface area contributed by atoms with Gasteiger partial charge in [-0.3, -0.25) is 0 Å². The number of hydrogen-bond acceptors (Lipinski definition) is 4. The highest BCUT2D eigenvalue weighted by Crippen LogP contribution is 2.44. The number of hydrogen-bond donors (Lipinski definition) is 1. The van der Waals surface area contributed by atoms with E-state index in [4.69, 9.17) is 11.6 Å². The molecule has 1 N–H and O–H groups in total. The van der Waals surface area contributed by atoms with Crippen molar-refractivity contribution in [3.05, 3.63) is 71.5 Å². The van der Waals surface area contributed by atoms with Gasteiger partial charge in [0.25, 0.3) is 0 Å². The van der Waals surface area contributed by atoms with Crippen molar-refractivity contribution in [2.24, 2.45) is 0 Å². The topological polar surface area (TPSA) is 41.0 Å². The van der Waals surface area contributed by atoms with E-state index in [0.717, 1.165) is 12.8 Å². The van der Waals surface area contributed by atoms with Crippen LogP contribution in [0.15, 0.2) is 60.9 Å². The van der Waals surface area contributed by atoms with E-state index in [0.29, 0.717) is 30.3 Å². The summed E-state index contributed by atoms with van der Waals surface area (Å²) >= 11 is 6.28. The number of rotatable bonds is 4. The second-order valence-corrected chi connectivity index (χ2v) is 7.55. The molecular formula is C22H20ClF3N4. The van der Waals surface area contributed by atoms with E-state index < -0.39 is 11.7 Å². The fourth-order valence-corrected chi connectivity index (χ4v) is 4.05. The Bertz CT molecular complexity index is 989. The third-order valence-electron chi connectivity index (χ3n) is 5.20. The van der Waals surface area contributed by atoms with Crippen LogP contribution in [0.2, 0.25) is 5.02 Å². The van der Waals surface area contributed by atoms with Gasteiger partial charge in [-0.1, -0.05) is 48.0 Å². The minimum absolute atomic E-state index is 0.0196. The van der Waals surface area contributed by atoms with Gasteiger partial charge in [-0.25, -0.2) is 9.97 Å². The molecule has 0 spiro atoms. The number of alkyl halides is 3. The molecule has 1 aromatic heterocycles. The first-order valence-corrected chi connectivity index (χ1v) is 10.0. The molecule has 0 amide bonds. The van der Waals surface area contributed by atoms with E-state index in [9.17, 15) is 13.2 Å². The summed E-state index contributed by atoms with van der Waals surface area (Å²) in [5.74, 6) is 0.667. The number of aromatic nitrogens is 2. The lowest BCUT2D eigenvalue weighted by Crippen LogP contribution is -2.40. The second-order valence-electron chi connectivity index (χ2n) is 7.17. The van der Waals surface area contributed by atoms with Crippen LogP contribution in [0.4, 0.5) is 24.8 Å². The zero-order chi connectivity index (χ0) is 21.1. The molecule has 30 heavy (non-hydrogen) atoms. The van der Waals surface area contributed by atoms with Gasteiger partial charge < -0.3 is 10.2 Å². The Morgan fingerprint density at radius 3 is 2.23 bits per heavy atom. The van der Waals surface area contributed by atoms with Crippen LogP contribution in [0.5, 0.6) is 0 Å². The number of anilines is 2. The summed E-state index contributed by atoms with van der Waals surface area (Å²) in [5, 5.41) is 2.92. The fourth-order valence-electron chi connectivity index (χ4n) is 3.72. The predicted molar refractivity (Wildman–Crippen MR) is 113 cm³/mol. The largest absolute Gasteiger partial charge is 0.418 e. The van der Waals surface area contributed by atoms with Gasteiger partial charge >= 0.3 is 6.18 Å². The van der Waals surface area contributed by atoms with E-state index in [1.807, 2.05) is 0 Å². The van der Waals surface area contributed by atoms with Gasteiger partial charge in [-0.05, 0) is 36.1 Å². The van der Waals surface area contributed by atoms with Crippen molar-refractivity contribution in [2.75, 3.05) is 23.3 Å². The summed E-state index contributed by atoms with van der Waals surface area (Å²) in [6.45, 7) is 1.43. The smallest absolute Gasteiger partial charge is 0.381 e. The maximum atomic E-state index is 13.9. The van der Waals surface area contributed by atoms with E-state index in [-0.39, 0.29) is 16.6 Å². The second kappa shape index (κ2) is 8.52. The summed E-state index contributed by atoms with van der Waals surface area (Å²) in [7, 11) is 0. The number of benzene rings is 2. The van der Waals surface area contributed by atoms with Crippen LogP contribution in [-0.2, 0) is 6.18 Å². The molecule has 4 rings (SSSR count). The average molecular weight is 433 g/mol. The molecule has 2 aromatic carbocycles. The van der Waals surface area contributed by atoms with Gasteiger partial charge in [0.05, 0.1) is 16.3 Å². The Hall–Kier alpha value is -2.80. The molecule has 0 radical (unpaired) electrons. The monoisotopic (exact) mass is 432 g/mol. The van der Waals surface area contributed by atoms with Crippen molar-refractivity contribution in [3.63, 3.8) is 0 Å². The Labute approximate surface area is 177 Å². The zero-order valence-corrected chi connectivity index (χ0v) is 16.8. The van der Waals surface area contributed by atoms with Gasteiger partial charge in [-0.15, -0.1) is 0 Å². The zero-order valence-electron chi connectivity index (χ0n) is 16.0. The average Bonchev–Trinajstić information content (AvgIpc) is 2.76. The summed E-state index contributed by atoms with van der Waals surface area (Å²) < 4.78 is 41.6. The SMILES string of the molecule is FC(F)(F)c1c(-c2ccccc2)ccc(NC2CCN(c3ncccn3)CC2)c1Cl. The van der Waals surface area contributed by atoms with Crippen LogP contribution < -0.4 is 10.2 Å². The van der Waals surface area contributed by atoms with Gasteiger partial charge in [-0.2, -0.15) is 13.2 Å². The molecular weight excluding hydrogens is 413 g/mol. The van der Waals surface area contributed by atoms with Crippen LogP contribution in [-0.4, -0.2) is 29.1 Å². The van der Waals surface area contributed by atoms with Crippen molar-refractivity contribution >= 4 is 23.2 Å². The van der Waals surface area contributed by atoms with Crippen LogP contribution in [0.1, 0.15) is 18.4 Å². The highest BCUT2D eigenvalue weighted by Gasteiger charge is 2.37. The molecule has 0 atom stereocenters. The Morgan fingerprint density at radius 1 is 0.933 bits per heavy atom. The van der Waals surface area contributed by atoms with Crippen LogP contribution in [0, 0.1) is 0 Å². The summed E-state index contributed by atoms with van der Waals surface area (Å²) in [4.78, 5) is 10.6. The van der Waals surface area contributed by atoms with Crippen molar-refractivity contribution in [3.8, 4) is 11.1 Å².